The van der Waals surface area contributed by atoms with E-state index < -0.39 is 12.2 Å². The van der Waals surface area contributed by atoms with Gasteiger partial charge in [0.25, 0.3) is 0 Å². The largest absolute Gasteiger partial charge is 0.394 e. The van der Waals surface area contributed by atoms with Crippen LogP contribution in [0.3, 0.4) is 0 Å². The van der Waals surface area contributed by atoms with E-state index in [0.717, 1.165) is 0 Å². The summed E-state index contributed by atoms with van der Waals surface area (Å²) in [5, 5.41) is 27.6. The van der Waals surface area contributed by atoms with Crippen LogP contribution in [0.2, 0.25) is 0 Å². The van der Waals surface area contributed by atoms with E-state index in [0.29, 0.717) is 6.42 Å². The third-order valence-corrected chi connectivity index (χ3v) is 1.20. The molecule has 55 valence electrons. The van der Waals surface area contributed by atoms with Crippen molar-refractivity contribution in [3.8, 4) is 0 Å². The highest BCUT2D eigenvalue weighted by Gasteiger charge is 2.09. The highest BCUT2D eigenvalue weighted by molar-refractivity contribution is 4.59. The second-order valence-electron chi connectivity index (χ2n) is 2.10. The maximum Gasteiger partial charge on any atom is 0.0953 e. The normalized spacial score (nSPS) is 17.3. The molecule has 1 radical (unpaired) electrons. The molecule has 0 aromatic carbocycles. The van der Waals surface area contributed by atoms with Gasteiger partial charge in [0.05, 0.1) is 18.8 Å². The number of rotatable bonds is 4. The zero-order chi connectivity index (χ0) is 7.28. The number of hydrogen-bond donors (Lipinski definition) is 2. The minimum absolute atomic E-state index is 0.160. The Morgan fingerprint density at radius 2 is 2.11 bits per heavy atom. The van der Waals surface area contributed by atoms with Crippen molar-refractivity contribution in [1.29, 1.82) is 0 Å². The monoisotopic (exact) mass is 133 g/mol. The van der Waals surface area contributed by atoms with E-state index in [-0.39, 0.29) is 13.0 Å². The first-order valence-corrected chi connectivity index (χ1v) is 3.15. The zero-order valence-electron chi connectivity index (χ0n) is 5.58. The van der Waals surface area contributed by atoms with Crippen molar-refractivity contribution in [2.24, 2.45) is 0 Å². The van der Waals surface area contributed by atoms with E-state index in [2.05, 4.69) is 0 Å². The molecule has 0 aliphatic carbocycles. The van der Waals surface area contributed by atoms with Gasteiger partial charge in [0, 0.05) is 6.42 Å². The van der Waals surface area contributed by atoms with Gasteiger partial charge in [-0.1, -0.05) is 6.92 Å². The molecule has 2 atom stereocenters. The van der Waals surface area contributed by atoms with Gasteiger partial charge < -0.3 is 10.2 Å². The Bertz CT molecular complexity index is 57.3. The molecule has 0 aromatic rings. The van der Waals surface area contributed by atoms with Gasteiger partial charge in [-0.15, -0.1) is 0 Å². The van der Waals surface area contributed by atoms with E-state index in [1.165, 1.54) is 0 Å². The summed E-state index contributed by atoms with van der Waals surface area (Å²) in [6.07, 6.45) is -0.885. The maximum absolute atomic E-state index is 10.6. The van der Waals surface area contributed by atoms with E-state index >= 15 is 0 Å². The van der Waals surface area contributed by atoms with Crippen LogP contribution in [0.15, 0.2) is 0 Å². The van der Waals surface area contributed by atoms with E-state index in [1.807, 2.05) is 0 Å². The molecule has 0 heterocycles. The summed E-state index contributed by atoms with van der Waals surface area (Å²) in [6.45, 7) is 1.46. The Morgan fingerprint density at radius 3 is 2.44 bits per heavy atom. The summed E-state index contributed by atoms with van der Waals surface area (Å²) >= 11 is 0. The predicted octanol–water partition coefficient (Wildman–Crippen LogP) is -0.0612. The van der Waals surface area contributed by atoms with E-state index in [4.69, 9.17) is 10.2 Å². The SMILES string of the molecule is CCC([O])CC(O)CO. The zero-order valence-corrected chi connectivity index (χ0v) is 5.58. The second-order valence-corrected chi connectivity index (χ2v) is 2.10. The van der Waals surface area contributed by atoms with Gasteiger partial charge in [0.15, 0.2) is 0 Å². The molecule has 2 N–H and O–H groups in total. The van der Waals surface area contributed by atoms with Crippen LogP contribution in [0.4, 0.5) is 0 Å². The number of aliphatic hydroxyl groups excluding tert-OH is 2. The van der Waals surface area contributed by atoms with Crippen molar-refractivity contribution in [2.75, 3.05) is 6.61 Å². The fourth-order valence-electron chi connectivity index (χ4n) is 0.545. The molecule has 0 aliphatic heterocycles. The van der Waals surface area contributed by atoms with Crippen LogP contribution in [-0.2, 0) is 5.11 Å². The van der Waals surface area contributed by atoms with Crippen molar-refractivity contribution in [3.05, 3.63) is 0 Å². The molecule has 0 amide bonds. The topological polar surface area (TPSA) is 60.4 Å². The minimum atomic E-state index is -0.826. The first-order chi connectivity index (χ1) is 4.20. The van der Waals surface area contributed by atoms with Gasteiger partial charge in [0.2, 0.25) is 0 Å². The van der Waals surface area contributed by atoms with E-state index in [1.54, 1.807) is 6.92 Å². The summed E-state index contributed by atoms with van der Waals surface area (Å²) < 4.78 is 0. The summed E-state index contributed by atoms with van der Waals surface area (Å²) in [7, 11) is 0. The van der Waals surface area contributed by atoms with Gasteiger partial charge in [0.1, 0.15) is 0 Å². The van der Waals surface area contributed by atoms with Gasteiger partial charge in [-0.25, -0.2) is 5.11 Å². The third kappa shape index (κ3) is 4.39. The highest BCUT2D eigenvalue weighted by atomic mass is 16.3. The fourth-order valence-corrected chi connectivity index (χ4v) is 0.545. The Hall–Kier alpha value is -0.120. The summed E-state index contributed by atoms with van der Waals surface area (Å²) in [4.78, 5) is 0. The summed E-state index contributed by atoms with van der Waals surface area (Å²) in [5.41, 5.74) is 0. The second kappa shape index (κ2) is 4.73. The lowest BCUT2D eigenvalue weighted by atomic mass is 10.1. The molecular formula is C6H13O3. The molecule has 0 spiro atoms. The molecule has 2 unspecified atom stereocenters. The summed E-state index contributed by atoms with van der Waals surface area (Å²) in [5.74, 6) is 0. The smallest absolute Gasteiger partial charge is 0.0953 e. The molecule has 0 aromatic heterocycles. The lowest BCUT2D eigenvalue weighted by Gasteiger charge is -2.08. The van der Waals surface area contributed by atoms with Crippen LogP contribution >= 0.6 is 0 Å². The van der Waals surface area contributed by atoms with Crippen LogP contribution in [0.25, 0.3) is 0 Å². The molecule has 0 fully saturated rings. The lowest BCUT2D eigenvalue weighted by Crippen LogP contribution is -2.19. The molecule has 0 saturated heterocycles. The Labute approximate surface area is 54.9 Å². The average Bonchev–Trinajstić information content (AvgIpc) is 1.87. The molecule has 0 bridgehead atoms. The van der Waals surface area contributed by atoms with Gasteiger partial charge in [-0.05, 0) is 6.42 Å². The van der Waals surface area contributed by atoms with Crippen molar-refractivity contribution < 1.29 is 15.3 Å². The highest BCUT2D eigenvalue weighted by Crippen LogP contribution is 2.01. The van der Waals surface area contributed by atoms with E-state index in [9.17, 15) is 5.11 Å². The number of aliphatic hydroxyl groups is 2. The van der Waals surface area contributed by atoms with Gasteiger partial charge in [-0.2, -0.15) is 0 Å². The lowest BCUT2D eigenvalue weighted by molar-refractivity contribution is 0.00954. The Balaban J connectivity index is 3.22. The first kappa shape index (κ1) is 8.88. The number of hydrogen-bond acceptors (Lipinski definition) is 2. The van der Waals surface area contributed by atoms with Crippen LogP contribution in [-0.4, -0.2) is 29.0 Å². The molecule has 0 rings (SSSR count). The van der Waals surface area contributed by atoms with Gasteiger partial charge >= 0.3 is 0 Å². The molecule has 0 aliphatic rings. The van der Waals surface area contributed by atoms with Crippen molar-refractivity contribution >= 4 is 0 Å². The molecule has 9 heavy (non-hydrogen) atoms. The maximum atomic E-state index is 10.6. The van der Waals surface area contributed by atoms with Gasteiger partial charge in [-0.3, -0.25) is 0 Å². The van der Waals surface area contributed by atoms with Crippen molar-refractivity contribution in [2.45, 2.75) is 32.0 Å². The molecule has 3 nitrogen and oxygen atoms in total. The van der Waals surface area contributed by atoms with Crippen molar-refractivity contribution in [1.82, 2.24) is 0 Å². The Kier molecular flexibility index (Phi) is 4.67. The van der Waals surface area contributed by atoms with Crippen LogP contribution in [0.1, 0.15) is 19.8 Å². The van der Waals surface area contributed by atoms with Crippen LogP contribution < -0.4 is 0 Å². The molecule has 3 heteroatoms. The third-order valence-electron chi connectivity index (χ3n) is 1.20. The first-order valence-electron chi connectivity index (χ1n) is 3.15. The quantitative estimate of drug-likeness (QED) is 0.564. The van der Waals surface area contributed by atoms with Crippen LogP contribution in [0, 0.1) is 0 Å². The molecular weight excluding hydrogens is 120 g/mol. The average molecular weight is 133 g/mol. The molecule has 0 saturated carbocycles. The fraction of sp³-hybridized carbons (Fsp3) is 1.00. The standard InChI is InChI=1S/C6H13O3/c1-2-5(8)3-6(9)4-7/h5-7,9H,2-4H2,1H3. The van der Waals surface area contributed by atoms with Crippen LogP contribution in [0.5, 0.6) is 0 Å². The van der Waals surface area contributed by atoms with Crippen molar-refractivity contribution in [3.63, 3.8) is 0 Å². The Morgan fingerprint density at radius 1 is 1.56 bits per heavy atom. The predicted molar refractivity (Wildman–Crippen MR) is 32.5 cm³/mol. The summed E-state index contributed by atoms with van der Waals surface area (Å²) in [6, 6.07) is 0. The minimum Gasteiger partial charge on any atom is -0.394 e.